The van der Waals surface area contributed by atoms with Gasteiger partial charge in [-0.3, -0.25) is 4.99 Å². The van der Waals surface area contributed by atoms with Crippen molar-refractivity contribution in [2.45, 2.75) is 39.2 Å². The van der Waals surface area contributed by atoms with Gasteiger partial charge in [-0.15, -0.1) is 24.0 Å². The van der Waals surface area contributed by atoms with E-state index >= 15 is 0 Å². The summed E-state index contributed by atoms with van der Waals surface area (Å²) in [6.07, 6.45) is 0.817. The zero-order chi connectivity index (χ0) is 19.9. The third kappa shape index (κ3) is 6.84. The zero-order valence-electron chi connectivity index (χ0n) is 17.3. The smallest absolute Gasteiger partial charge is 0.232 e. The molecule has 0 atom stereocenters. The van der Waals surface area contributed by atoms with Crippen molar-refractivity contribution in [2.24, 2.45) is 4.99 Å². The van der Waals surface area contributed by atoms with Crippen molar-refractivity contribution in [3.05, 3.63) is 35.5 Å². The van der Waals surface area contributed by atoms with E-state index in [-0.39, 0.29) is 29.4 Å². The van der Waals surface area contributed by atoms with Crippen molar-refractivity contribution in [3.63, 3.8) is 0 Å². The van der Waals surface area contributed by atoms with E-state index < -0.39 is 0 Å². The number of rotatable bonds is 7. The van der Waals surface area contributed by atoms with Gasteiger partial charge in [-0.2, -0.15) is 4.98 Å². The maximum atomic E-state index is 5.33. The van der Waals surface area contributed by atoms with Gasteiger partial charge in [0.2, 0.25) is 5.89 Å². The van der Waals surface area contributed by atoms with Crippen LogP contribution in [0.5, 0.6) is 11.5 Å². The van der Waals surface area contributed by atoms with E-state index in [1.807, 2.05) is 39.0 Å². The average molecular weight is 503 g/mol. The number of benzene rings is 1. The van der Waals surface area contributed by atoms with Crippen LogP contribution in [-0.4, -0.2) is 43.9 Å². The molecule has 0 radical (unpaired) electrons. The first kappa shape index (κ1) is 24.0. The maximum absolute atomic E-state index is 5.33. The molecule has 0 unspecified atom stereocenters. The second-order valence-electron chi connectivity index (χ2n) is 7.06. The Morgan fingerprint density at radius 1 is 1.14 bits per heavy atom. The van der Waals surface area contributed by atoms with E-state index in [0.29, 0.717) is 30.8 Å². The number of ether oxygens (including phenoxy) is 2. The lowest BCUT2D eigenvalue weighted by molar-refractivity contribution is 0.318. The first-order valence-electron chi connectivity index (χ1n) is 8.86. The van der Waals surface area contributed by atoms with Crippen molar-refractivity contribution >= 4 is 29.9 Å². The molecule has 0 aliphatic rings. The van der Waals surface area contributed by atoms with Crippen LogP contribution in [0.1, 0.15) is 38.0 Å². The van der Waals surface area contributed by atoms with Crippen LogP contribution in [0.4, 0.5) is 0 Å². The molecule has 0 fully saturated rings. The van der Waals surface area contributed by atoms with Crippen molar-refractivity contribution < 1.29 is 14.0 Å². The number of hydrogen-bond acceptors (Lipinski definition) is 6. The van der Waals surface area contributed by atoms with Gasteiger partial charge < -0.3 is 24.6 Å². The highest BCUT2D eigenvalue weighted by Gasteiger charge is 2.21. The van der Waals surface area contributed by atoms with Crippen LogP contribution < -0.4 is 20.1 Å². The van der Waals surface area contributed by atoms with Crippen LogP contribution in [0.3, 0.4) is 0 Å². The van der Waals surface area contributed by atoms with Crippen molar-refractivity contribution in [1.29, 1.82) is 0 Å². The molecule has 2 N–H and O–H groups in total. The van der Waals surface area contributed by atoms with E-state index in [0.717, 1.165) is 23.5 Å². The second kappa shape index (κ2) is 11.1. The monoisotopic (exact) mass is 503 g/mol. The van der Waals surface area contributed by atoms with Crippen LogP contribution >= 0.6 is 24.0 Å². The summed E-state index contributed by atoms with van der Waals surface area (Å²) in [5.41, 5.74) is 0.980. The molecule has 9 heteroatoms. The molecule has 0 amide bonds. The largest absolute Gasteiger partial charge is 0.493 e. The summed E-state index contributed by atoms with van der Waals surface area (Å²) in [7, 11) is 4.99. The zero-order valence-corrected chi connectivity index (χ0v) is 19.7. The molecule has 8 nitrogen and oxygen atoms in total. The van der Waals surface area contributed by atoms with E-state index in [1.165, 1.54) is 0 Å². The number of nitrogens with one attached hydrogen (secondary N) is 2. The van der Waals surface area contributed by atoms with Gasteiger partial charge in [0.1, 0.15) is 0 Å². The van der Waals surface area contributed by atoms with Crippen molar-refractivity contribution in [1.82, 2.24) is 20.8 Å². The number of methoxy groups -OCH3 is 2. The highest BCUT2D eigenvalue weighted by atomic mass is 127. The lowest BCUT2D eigenvalue weighted by atomic mass is 9.97. The van der Waals surface area contributed by atoms with E-state index in [9.17, 15) is 0 Å². The molecule has 1 aromatic heterocycles. The number of halogens is 1. The summed E-state index contributed by atoms with van der Waals surface area (Å²) in [6, 6.07) is 5.90. The minimum atomic E-state index is -0.162. The fraction of sp³-hybridized carbons (Fsp3) is 0.526. The Bertz CT molecular complexity index is 771. The average Bonchev–Trinajstić information content (AvgIpc) is 3.13. The summed E-state index contributed by atoms with van der Waals surface area (Å²) in [6.45, 7) is 7.26. The molecule has 0 saturated carbocycles. The molecule has 0 bridgehead atoms. The van der Waals surface area contributed by atoms with Gasteiger partial charge in [0, 0.05) is 19.0 Å². The number of aliphatic imine (C=N–C) groups is 1. The predicted octanol–water partition coefficient (Wildman–Crippen LogP) is 2.91. The molecule has 0 spiro atoms. The highest BCUT2D eigenvalue weighted by Crippen LogP contribution is 2.27. The summed E-state index contributed by atoms with van der Waals surface area (Å²) in [5.74, 6) is 3.35. The number of aromatic nitrogens is 2. The number of guanidine groups is 1. The van der Waals surface area contributed by atoms with Crippen LogP contribution in [-0.2, 0) is 18.4 Å². The van der Waals surface area contributed by atoms with Gasteiger partial charge in [-0.1, -0.05) is 32.0 Å². The molecule has 0 aliphatic carbocycles. The SMILES string of the molecule is CN=C(NCCc1ccc(OC)c(OC)c1)NCc1noc(C(C)(C)C)n1.I. The molecule has 0 aliphatic heterocycles. The van der Waals surface area contributed by atoms with Crippen LogP contribution in [0.25, 0.3) is 0 Å². The van der Waals surface area contributed by atoms with Gasteiger partial charge in [-0.25, -0.2) is 0 Å². The van der Waals surface area contributed by atoms with Crippen molar-refractivity contribution in [3.8, 4) is 11.5 Å². The minimum Gasteiger partial charge on any atom is -0.493 e. The fourth-order valence-corrected chi connectivity index (χ4v) is 2.38. The molecular weight excluding hydrogens is 473 g/mol. The molecule has 156 valence electrons. The number of hydrogen-bond donors (Lipinski definition) is 2. The Balaban J connectivity index is 0.00000392. The summed E-state index contributed by atoms with van der Waals surface area (Å²) in [5, 5.41) is 10.5. The van der Waals surface area contributed by atoms with Gasteiger partial charge in [0.05, 0.1) is 20.8 Å². The third-order valence-electron chi connectivity index (χ3n) is 3.90. The Labute approximate surface area is 183 Å². The quantitative estimate of drug-likeness (QED) is 0.341. The third-order valence-corrected chi connectivity index (χ3v) is 3.90. The van der Waals surface area contributed by atoms with Crippen LogP contribution in [0.2, 0.25) is 0 Å². The first-order valence-corrected chi connectivity index (χ1v) is 8.86. The molecule has 28 heavy (non-hydrogen) atoms. The van der Waals surface area contributed by atoms with Gasteiger partial charge >= 0.3 is 0 Å². The topological polar surface area (TPSA) is 93.8 Å². The minimum absolute atomic E-state index is 0. The summed E-state index contributed by atoms with van der Waals surface area (Å²) >= 11 is 0. The Morgan fingerprint density at radius 3 is 2.43 bits per heavy atom. The maximum Gasteiger partial charge on any atom is 0.232 e. The predicted molar refractivity (Wildman–Crippen MR) is 120 cm³/mol. The Morgan fingerprint density at radius 2 is 1.86 bits per heavy atom. The molecular formula is C19H30IN5O3. The highest BCUT2D eigenvalue weighted by molar-refractivity contribution is 14.0. The van der Waals surface area contributed by atoms with Gasteiger partial charge in [0.25, 0.3) is 0 Å². The lowest BCUT2D eigenvalue weighted by Crippen LogP contribution is -2.38. The Hall–Kier alpha value is -2.04. The van der Waals surface area contributed by atoms with Crippen LogP contribution in [0.15, 0.2) is 27.7 Å². The Kier molecular flexibility index (Phi) is 9.50. The van der Waals surface area contributed by atoms with Gasteiger partial charge in [0.15, 0.2) is 23.3 Å². The fourth-order valence-electron chi connectivity index (χ4n) is 2.38. The van der Waals surface area contributed by atoms with Gasteiger partial charge in [-0.05, 0) is 24.1 Å². The van der Waals surface area contributed by atoms with E-state index in [2.05, 4.69) is 25.8 Å². The molecule has 2 aromatic rings. The molecule has 1 aromatic carbocycles. The van der Waals surface area contributed by atoms with E-state index in [4.69, 9.17) is 14.0 Å². The standard InChI is InChI=1S/C19H29N5O3.HI/c1-19(2,3)17-23-16(24-27-17)12-22-18(20-4)21-10-9-13-7-8-14(25-5)15(11-13)26-6;/h7-8,11H,9-10,12H2,1-6H3,(H2,20,21,22);1H. The second-order valence-corrected chi connectivity index (χ2v) is 7.06. The van der Waals surface area contributed by atoms with Crippen LogP contribution in [0, 0.1) is 0 Å². The lowest BCUT2D eigenvalue weighted by Gasteiger charge is -2.12. The summed E-state index contributed by atoms with van der Waals surface area (Å²) in [4.78, 5) is 8.62. The first-order chi connectivity index (χ1) is 12.9. The molecule has 1 heterocycles. The van der Waals surface area contributed by atoms with Crippen molar-refractivity contribution in [2.75, 3.05) is 27.8 Å². The number of nitrogens with zero attached hydrogens (tertiary/aromatic N) is 3. The normalized spacial score (nSPS) is 11.6. The van der Waals surface area contributed by atoms with E-state index in [1.54, 1.807) is 21.3 Å². The molecule has 2 rings (SSSR count). The molecule has 0 saturated heterocycles. The summed E-state index contributed by atoms with van der Waals surface area (Å²) < 4.78 is 15.9.